The Morgan fingerprint density at radius 2 is 1.84 bits per heavy atom. The van der Waals surface area contributed by atoms with Gasteiger partial charge < -0.3 is 0 Å². The highest BCUT2D eigenvalue weighted by Crippen LogP contribution is 2.25. The van der Waals surface area contributed by atoms with Crippen molar-refractivity contribution in [3.63, 3.8) is 0 Å². The molecular weight excluding hydrogens is 291 g/mol. The summed E-state index contributed by atoms with van der Waals surface area (Å²) in [6, 6.07) is 8.64. The van der Waals surface area contributed by atoms with E-state index >= 15 is 0 Å². The van der Waals surface area contributed by atoms with Crippen LogP contribution in [0.15, 0.2) is 36.4 Å². The van der Waals surface area contributed by atoms with Gasteiger partial charge in [-0.25, -0.2) is 4.98 Å². The minimum Gasteiger partial charge on any atom is -0.287 e. The molecule has 96 valence electrons. The molecule has 0 unspecified atom stereocenters. The topological polar surface area (TPSA) is 73.1 Å². The highest BCUT2D eigenvalue weighted by atomic mass is 35.5. The zero-order valence-electron chi connectivity index (χ0n) is 9.34. The Morgan fingerprint density at radius 3 is 2.47 bits per heavy atom. The summed E-state index contributed by atoms with van der Waals surface area (Å²) in [4.78, 5) is 26.2. The van der Waals surface area contributed by atoms with Crippen molar-refractivity contribution in [2.24, 2.45) is 0 Å². The molecule has 0 atom stereocenters. The summed E-state index contributed by atoms with van der Waals surface area (Å²) in [6.07, 6.45) is 0. The van der Waals surface area contributed by atoms with Crippen LogP contribution in [0.25, 0.3) is 0 Å². The van der Waals surface area contributed by atoms with Crippen LogP contribution in [0.3, 0.4) is 0 Å². The lowest BCUT2D eigenvalue weighted by Gasteiger charge is -2.04. The second-order valence-corrected chi connectivity index (χ2v) is 4.36. The molecule has 0 fully saturated rings. The van der Waals surface area contributed by atoms with Crippen LogP contribution < -0.4 is 0 Å². The first-order valence-electron chi connectivity index (χ1n) is 5.11. The molecule has 0 bridgehead atoms. The molecule has 1 heterocycles. The quantitative estimate of drug-likeness (QED) is 0.376. The highest BCUT2D eigenvalue weighted by molar-refractivity contribution is 6.35. The van der Waals surface area contributed by atoms with Gasteiger partial charge in [0.2, 0.25) is 5.78 Å². The lowest BCUT2D eigenvalue weighted by Crippen LogP contribution is -2.08. The molecule has 5 nitrogen and oxygen atoms in total. The first-order valence-corrected chi connectivity index (χ1v) is 5.86. The Bertz CT molecular complexity index is 674. The number of carbonyl (C=O) groups excluding carboxylic acids is 1. The predicted molar refractivity (Wildman–Crippen MR) is 70.8 cm³/mol. The zero-order valence-corrected chi connectivity index (χ0v) is 10.9. The maximum atomic E-state index is 12.2. The SMILES string of the molecule is O=C(c1ccccc1Cl)c1nc(Cl)ccc1[N+](=O)[O-]. The lowest BCUT2D eigenvalue weighted by atomic mass is 10.1. The third-order valence-corrected chi connectivity index (χ3v) is 2.91. The van der Waals surface area contributed by atoms with Gasteiger partial charge in [0.05, 0.1) is 9.95 Å². The predicted octanol–water partition coefficient (Wildman–Crippen LogP) is 3.53. The number of carbonyl (C=O) groups is 1. The number of hydrogen-bond acceptors (Lipinski definition) is 4. The molecule has 0 saturated heterocycles. The van der Waals surface area contributed by atoms with Crippen molar-refractivity contribution in [2.75, 3.05) is 0 Å². The molecule has 0 amide bonds. The Balaban J connectivity index is 2.59. The fourth-order valence-electron chi connectivity index (χ4n) is 1.52. The number of rotatable bonds is 3. The van der Waals surface area contributed by atoms with Gasteiger partial charge in [0.25, 0.3) is 5.69 Å². The maximum absolute atomic E-state index is 12.2. The molecule has 0 aliphatic rings. The van der Waals surface area contributed by atoms with E-state index in [4.69, 9.17) is 23.2 Å². The Hall–Kier alpha value is -1.98. The normalized spacial score (nSPS) is 10.2. The summed E-state index contributed by atoms with van der Waals surface area (Å²) in [5.74, 6) is -0.639. The molecule has 1 aromatic heterocycles. The number of aromatic nitrogens is 1. The van der Waals surface area contributed by atoms with Crippen LogP contribution >= 0.6 is 23.2 Å². The first kappa shape index (κ1) is 13.5. The fraction of sp³-hybridized carbons (Fsp3) is 0. The highest BCUT2D eigenvalue weighted by Gasteiger charge is 2.24. The van der Waals surface area contributed by atoms with Crippen LogP contribution in [0.5, 0.6) is 0 Å². The van der Waals surface area contributed by atoms with E-state index in [9.17, 15) is 14.9 Å². The first-order chi connectivity index (χ1) is 9.00. The van der Waals surface area contributed by atoms with E-state index in [0.717, 1.165) is 6.07 Å². The lowest BCUT2D eigenvalue weighted by molar-refractivity contribution is -0.385. The van der Waals surface area contributed by atoms with Gasteiger partial charge >= 0.3 is 0 Å². The molecule has 0 radical (unpaired) electrons. The molecule has 7 heteroatoms. The molecule has 2 aromatic rings. The smallest absolute Gasteiger partial charge is 0.287 e. The van der Waals surface area contributed by atoms with Gasteiger partial charge in [-0.2, -0.15) is 0 Å². The van der Waals surface area contributed by atoms with Crippen LogP contribution in [0, 0.1) is 10.1 Å². The van der Waals surface area contributed by atoms with Gasteiger partial charge in [-0.15, -0.1) is 0 Å². The van der Waals surface area contributed by atoms with Gasteiger partial charge in [0, 0.05) is 11.6 Å². The maximum Gasteiger partial charge on any atom is 0.299 e. The largest absolute Gasteiger partial charge is 0.299 e. The molecule has 0 spiro atoms. The molecule has 0 aliphatic carbocycles. The van der Waals surface area contributed by atoms with Crippen molar-refractivity contribution in [1.82, 2.24) is 4.98 Å². The van der Waals surface area contributed by atoms with E-state index in [2.05, 4.69) is 4.98 Å². The van der Waals surface area contributed by atoms with Crippen molar-refractivity contribution >= 4 is 34.7 Å². The Labute approximate surface area is 117 Å². The minimum absolute atomic E-state index is 0.000929. The number of hydrogen-bond donors (Lipinski definition) is 0. The monoisotopic (exact) mass is 296 g/mol. The molecule has 0 aliphatic heterocycles. The molecular formula is C12H6Cl2N2O3. The van der Waals surface area contributed by atoms with Crippen molar-refractivity contribution in [2.45, 2.75) is 0 Å². The molecule has 19 heavy (non-hydrogen) atoms. The molecule has 2 rings (SSSR count). The summed E-state index contributed by atoms with van der Waals surface area (Å²) in [7, 11) is 0. The Morgan fingerprint density at radius 1 is 1.16 bits per heavy atom. The second-order valence-electron chi connectivity index (χ2n) is 3.57. The zero-order chi connectivity index (χ0) is 14.0. The van der Waals surface area contributed by atoms with Gasteiger partial charge in [-0.05, 0) is 18.2 Å². The number of halogens is 2. The van der Waals surface area contributed by atoms with Gasteiger partial charge in [-0.1, -0.05) is 35.3 Å². The van der Waals surface area contributed by atoms with Crippen LogP contribution in [-0.2, 0) is 0 Å². The average Bonchev–Trinajstić information content (AvgIpc) is 2.38. The number of ketones is 1. The third-order valence-electron chi connectivity index (χ3n) is 2.37. The third kappa shape index (κ3) is 2.72. The summed E-state index contributed by atoms with van der Waals surface area (Å²) in [6.45, 7) is 0. The Kier molecular flexibility index (Phi) is 3.78. The molecule has 1 aromatic carbocycles. The summed E-state index contributed by atoms with van der Waals surface area (Å²) >= 11 is 11.6. The van der Waals surface area contributed by atoms with Crippen molar-refractivity contribution in [3.8, 4) is 0 Å². The van der Waals surface area contributed by atoms with Crippen LogP contribution in [0.1, 0.15) is 16.1 Å². The van der Waals surface area contributed by atoms with Crippen molar-refractivity contribution < 1.29 is 9.72 Å². The van der Waals surface area contributed by atoms with E-state index in [-0.39, 0.29) is 21.4 Å². The van der Waals surface area contributed by atoms with E-state index in [1.54, 1.807) is 12.1 Å². The number of nitro groups is 1. The van der Waals surface area contributed by atoms with E-state index in [1.807, 2.05) is 0 Å². The molecule has 0 N–H and O–H groups in total. The van der Waals surface area contributed by atoms with Crippen molar-refractivity contribution in [3.05, 3.63) is 67.9 Å². The number of nitrogens with zero attached hydrogens (tertiary/aromatic N) is 2. The van der Waals surface area contributed by atoms with Gasteiger partial charge in [0.15, 0.2) is 5.69 Å². The molecule has 0 saturated carbocycles. The second kappa shape index (κ2) is 5.34. The summed E-state index contributed by atoms with van der Waals surface area (Å²) < 4.78 is 0. The standard InChI is InChI=1S/C12H6Cl2N2O3/c13-8-4-2-1-3-7(8)12(17)11-9(16(18)19)5-6-10(14)15-11/h1-6H. The number of pyridine rings is 1. The summed E-state index contributed by atoms with van der Waals surface area (Å²) in [5.41, 5.74) is -0.595. The fourth-order valence-corrected chi connectivity index (χ4v) is 1.88. The van der Waals surface area contributed by atoms with E-state index in [0.29, 0.717) is 0 Å². The van der Waals surface area contributed by atoms with E-state index in [1.165, 1.54) is 18.2 Å². The van der Waals surface area contributed by atoms with Crippen LogP contribution in [0.4, 0.5) is 5.69 Å². The average molecular weight is 297 g/mol. The minimum atomic E-state index is -0.687. The summed E-state index contributed by atoms with van der Waals surface area (Å²) in [5, 5.41) is 11.1. The van der Waals surface area contributed by atoms with Crippen molar-refractivity contribution in [1.29, 1.82) is 0 Å². The van der Waals surface area contributed by atoms with Gasteiger partial charge in [-0.3, -0.25) is 14.9 Å². The number of benzene rings is 1. The van der Waals surface area contributed by atoms with E-state index < -0.39 is 16.4 Å². The van der Waals surface area contributed by atoms with Gasteiger partial charge in [0.1, 0.15) is 5.15 Å². The van der Waals surface area contributed by atoms with Crippen LogP contribution in [-0.4, -0.2) is 15.7 Å². The van der Waals surface area contributed by atoms with Crippen LogP contribution in [0.2, 0.25) is 10.2 Å².